The molecule has 3 saturated heterocycles. The molecule has 0 aromatic heterocycles. The van der Waals surface area contributed by atoms with E-state index in [2.05, 4.69) is 27.7 Å². The van der Waals surface area contributed by atoms with Crippen LogP contribution in [0.1, 0.15) is 65.4 Å². The van der Waals surface area contributed by atoms with E-state index in [1.165, 1.54) is 6.08 Å². The van der Waals surface area contributed by atoms with Crippen molar-refractivity contribution in [2.75, 3.05) is 6.61 Å². The third-order valence-electron chi connectivity index (χ3n) is 9.06. The average Bonchev–Trinajstić information content (AvgIpc) is 3.56. The van der Waals surface area contributed by atoms with E-state index < -0.39 is 23.4 Å². The van der Waals surface area contributed by atoms with Crippen molar-refractivity contribution in [1.82, 2.24) is 0 Å². The molecule has 8 atom stereocenters. The number of carbonyl (C=O) groups excluding carboxylic acids is 2. The summed E-state index contributed by atoms with van der Waals surface area (Å²) in [4.78, 5) is 26.0. The minimum Gasteiger partial charge on any atom is -0.457 e. The SMILES string of the molecule is CC(C)[C@@]12C[C@@H](OC(=O)C3CCCO3)C(C)(O1)[C@@H]1CC[C@@H](C)[C@H]1[C@@H]2OC(=O)/C=C/c1ccccc1. The summed E-state index contributed by atoms with van der Waals surface area (Å²) in [6.45, 7) is 9.19. The van der Waals surface area contributed by atoms with Crippen molar-refractivity contribution >= 4 is 18.0 Å². The molecule has 5 rings (SSSR count). The summed E-state index contributed by atoms with van der Waals surface area (Å²) >= 11 is 0. The molecule has 0 amide bonds. The first-order valence-electron chi connectivity index (χ1n) is 13.2. The first kappa shape index (κ1) is 24.5. The van der Waals surface area contributed by atoms with Crippen molar-refractivity contribution in [2.24, 2.45) is 23.7 Å². The van der Waals surface area contributed by atoms with E-state index in [9.17, 15) is 9.59 Å². The molecule has 1 aromatic carbocycles. The Kier molecular flexibility index (Phi) is 6.56. The summed E-state index contributed by atoms with van der Waals surface area (Å²) < 4.78 is 24.9. The predicted octanol–water partition coefficient (Wildman–Crippen LogP) is 4.95. The molecule has 6 heteroatoms. The topological polar surface area (TPSA) is 71.1 Å². The molecule has 3 aliphatic heterocycles. The lowest BCUT2D eigenvalue weighted by atomic mass is 9.69. The van der Waals surface area contributed by atoms with Crippen LogP contribution < -0.4 is 0 Å². The lowest BCUT2D eigenvalue weighted by Gasteiger charge is -2.52. The molecular formula is C29H38O6. The zero-order valence-electron chi connectivity index (χ0n) is 21.3. The fraction of sp³-hybridized carbons (Fsp3) is 0.655. The number of benzene rings is 1. The van der Waals surface area contributed by atoms with Crippen LogP contribution in [0.5, 0.6) is 0 Å². The average molecular weight is 483 g/mol. The van der Waals surface area contributed by atoms with Gasteiger partial charge in [-0.1, -0.05) is 51.1 Å². The van der Waals surface area contributed by atoms with E-state index >= 15 is 0 Å². The zero-order chi connectivity index (χ0) is 24.8. The van der Waals surface area contributed by atoms with Crippen molar-refractivity contribution in [1.29, 1.82) is 0 Å². The van der Waals surface area contributed by atoms with Gasteiger partial charge < -0.3 is 18.9 Å². The van der Waals surface area contributed by atoms with Crippen LogP contribution >= 0.6 is 0 Å². The lowest BCUT2D eigenvalue weighted by molar-refractivity contribution is -0.265. The van der Waals surface area contributed by atoms with Gasteiger partial charge in [0.15, 0.2) is 6.10 Å². The van der Waals surface area contributed by atoms with Crippen LogP contribution in [0, 0.1) is 23.7 Å². The zero-order valence-corrected chi connectivity index (χ0v) is 21.3. The molecule has 4 fully saturated rings. The molecule has 0 radical (unpaired) electrons. The minimum absolute atomic E-state index is 0.0814. The van der Waals surface area contributed by atoms with Crippen LogP contribution in [0.15, 0.2) is 36.4 Å². The summed E-state index contributed by atoms with van der Waals surface area (Å²) in [6, 6.07) is 9.73. The lowest BCUT2D eigenvalue weighted by Crippen LogP contribution is -2.62. The number of hydrogen-bond donors (Lipinski definition) is 0. The van der Waals surface area contributed by atoms with Crippen LogP contribution in [-0.2, 0) is 28.5 Å². The Morgan fingerprint density at radius 2 is 1.89 bits per heavy atom. The van der Waals surface area contributed by atoms with Gasteiger partial charge in [0, 0.05) is 25.0 Å². The van der Waals surface area contributed by atoms with E-state index in [0.29, 0.717) is 25.4 Å². The van der Waals surface area contributed by atoms with Gasteiger partial charge in [-0.25, -0.2) is 9.59 Å². The molecule has 4 aliphatic rings. The number of carbonyl (C=O) groups is 2. The van der Waals surface area contributed by atoms with Crippen LogP contribution in [0.3, 0.4) is 0 Å². The fourth-order valence-corrected chi connectivity index (χ4v) is 7.12. The Hall–Kier alpha value is -2.18. The normalized spacial score (nSPS) is 40.3. The molecule has 2 unspecified atom stereocenters. The summed E-state index contributed by atoms with van der Waals surface area (Å²) in [5.41, 5.74) is -0.354. The van der Waals surface area contributed by atoms with E-state index in [1.54, 1.807) is 6.08 Å². The van der Waals surface area contributed by atoms with Crippen LogP contribution in [-0.4, -0.2) is 48.1 Å². The van der Waals surface area contributed by atoms with Crippen molar-refractivity contribution in [3.05, 3.63) is 42.0 Å². The second-order valence-corrected chi connectivity index (χ2v) is 11.4. The van der Waals surface area contributed by atoms with E-state index in [0.717, 1.165) is 24.8 Å². The predicted molar refractivity (Wildman–Crippen MR) is 131 cm³/mol. The Morgan fingerprint density at radius 3 is 2.57 bits per heavy atom. The molecule has 190 valence electrons. The number of rotatable bonds is 6. The third kappa shape index (κ3) is 4.23. The number of hydrogen-bond acceptors (Lipinski definition) is 6. The van der Waals surface area contributed by atoms with Gasteiger partial charge in [0.2, 0.25) is 0 Å². The smallest absolute Gasteiger partial charge is 0.335 e. The van der Waals surface area contributed by atoms with Crippen molar-refractivity contribution in [3.8, 4) is 0 Å². The van der Waals surface area contributed by atoms with Gasteiger partial charge in [-0.15, -0.1) is 0 Å². The summed E-state index contributed by atoms with van der Waals surface area (Å²) in [7, 11) is 0. The maximum Gasteiger partial charge on any atom is 0.335 e. The largest absolute Gasteiger partial charge is 0.457 e. The van der Waals surface area contributed by atoms with Crippen LogP contribution in [0.4, 0.5) is 0 Å². The maximum absolute atomic E-state index is 13.1. The Balaban J connectivity index is 1.43. The Morgan fingerprint density at radius 1 is 1.11 bits per heavy atom. The Labute approximate surface area is 208 Å². The highest BCUT2D eigenvalue weighted by Gasteiger charge is 2.72. The third-order valence-corrected chi connectivity index (χ3v) is 9.06. The number of esters is 2. The fourth-order valence-electron chi connectivity index (χ4n) is 7.12. The Bertz CT molecular complexity index is 967. The molecular weight excluding hydrogens is 444 g/mol. The standard InChI is InChI=1S/C29H38O6/c1-18(2)29-17-23(33-27(31)22-11-8-16-32-22)28(4,35-29)21-14-12-19(3)25(21)26(29)34-24(30)15-13-20-9-6-5-7-10-20/h5-7,9-10,13,15,18-19,21-23,25-26H,8,11-12,14,16-17H2,1-4H3/b15-13+/t19-,21-,22?,23-,25-,26+,28?,29-/m1/s1. The van der Waals surface area contributed by atoms with Crippen molar-refractivity contribution in [2.45, 2.75) is 89.3 Å². The number of ether oxygens (including phenoxy) is 4. The van der Waals surface area contributed by atoms with Gasteiger partial charge >= 0.3 is 11.9 Å². The monoisotopic (exact) mass is 482 g/mol. The van der Waals surface area contributed by atoms with E-state index in [-0.39, 0.29) is 35.8 Å². The summed E-state index contributed by atoms with van der Waals surface area (Å²) in [5, 5.41) is 0. The highest BCUT2D eigenvalue weighted by Crippen LogP contribution is 2.63. The highest BCUT2D eigenvalue weighted by molar-refractivity contribution is 5.87. The first-order valence-corrected chi connectivity index (χ1v) is 13.2. The molecule has 6 nitrogen and oxygen atoms in total. The van der Waals surface area contributed by atoms with Gasteiger partial charge in [-0.2, -0.15) is 0 Å². The second kappa shape index (κ2) is 9.36. The molecule has 3 heterocycles. The summed E-state index contributed by atoms with van der Waals surface area (Å²) in [5.74, 6) is 0.152. The van der Waals surface area contributed by atoms with Crippen LogP contribution in [0.25, 0.3) is 6.08 Å². The van der Waals surface area contributed by atoms with Gasteiger partial charge in [0.05, 0.1) is 0 Å². The van der Waals surface area contributed by atoms with E-state index in [1.807, 2.05) is 30.3 Å². The molecule has 2 bridgehead atoms. The van der Waals surface area contributed by atoms with Gasteiger partial charge in [-0.05, 0) is 62.0 Å². The van der Waals surface area contributed by atoms with Gasteiger partial charge in [0.1, 0.15) is 23.4 Å². The quantitative estimate of drug-likeness (QED) is 0.422. The molecule has 1 saturated carbocycles. The molecule has 1 aliphatic carbocycles. The minimum atomic E-state index is -0.702. The van der Waals surface area contributed by atoms with E-state index in [4.69, 9.17) is 18.9 Å². The van der Waals surface area contributed by atoms with Crippen molar-refractivity contribution < 1.29 is 28.5 Å². The van der Waals surface area contributed by atoms with Crippen molar-refractivity contribution in [3.63, 3.8) is 0 Å². The van der Waals surface area contributed by atoms with Gasteiger partial charge in [0.25, 0.3) is 0 Å². The molecule has 35 heavy (non-hydrogen) atoms. The first-order chi connectivity index (χ1) is 16.7. The molecule has 1 aromatic rings. The number of fused-ring (bicyclic) bond motifs is 4. The van der Waals surface area contributed by atoms with Gasteiger partial charge in [-0.3, -0.25) is 0 Å². The second-order valence-electron chi connectivity index (χ2n) is 11.4. The summed E-state index contributed by atoms with van der Waals surface area (Å²) in [6.07, 6.45) is 6.16. The molecule has 0 spiro atoms. The maximum atomic E-state index is 13.1. The van der Waals surface area contributed by atoms with Crippen LogP contribution in [0.2, 0.25) is 0 Å². The molecule has 0 N–H and O–H groups in total. The highest BCUT2D eigenvalue weighted by atomic mass is 16.6.